The third-order valence-electron chi connectivity index (χ3n) is 2.70. The van der Waals surface area contributed by atoms with Crippen molar-refractivity contribution < 1.29 is 0 Å². The molecule has 0 atom stereocenters. The molecule has 2 rings (SSSR count). The topological polar surface area (TPSA) is 39.9 Å². The Balaban J connectivity index is 2.39. The average molecular weight is 237 g/mol. The van der Waals surface area contributed by atoms with E-state index >= 15 is 0 Å². The minimum Gasteiger partial charge on any atom is -0.356 e. The fraction of sp³-hybridized carbons (Fsp3) is 0.200. The van der Waals surface area contributed by atoms with E-state index in [-0.39, 0.29) is 0 Å². The summed E-state index contributed by atoms with van der Waals surface area (Å²) in [6.45, 7) is 6.68. The molecule has 0 aliphatic rings. The number of likely N-dealkylation sites (N-methyl/N-ethyl adjacent to an activating group) is 1. The summed E-state index contributed by atoms with van der Waals surface area (Å²) in [5.74, 6) is 0.912. The molecule has 90 valence electrons. The van der Waals surface area contributed by atoms with Gasteiger partial charge in [0.25, 0.3) is 0 Å². The van der Waals surface area contributed by atoms with Crippen LogP contribution in [0.5, 0.6) is 0 Å². The van der Waals surface area contributed by atoms with Gasteiger partial charge in [0.1, 0.15) is 5.82 Å². The van der Waals surface area contributed by atoms with Gasteiger partial charge in [-0.25, -0.2) is 4.98 Å². The molecule has 18 heavy (non-hydrogen) atoms. The van der Waals surface area contributed by atoms with Crippen LogP contribution in [0.25, 0.3) is 10.9 Å². The summed E-state index contributed by atoms with van der Waals surface area (Å²) >= 11 is 0. The molecule has 0 saturated heterocycles. The molecule has 1 aromatic carbocycles. The van der Waals surface area contributed by atoms with E-state index in [0.717, 1.165) is 28.8 Å². The maximum atomic E-state index is 8.85. The Morgan fingerprint density at radius 3 is 2.83 bits per heavy atom. The Hall–Kier alpha value is -2.34. The van der Waals surface area contributed by atoms with Crippen LogP contribution in [-0.4, -0.2) is 18.6 Å². The van der Waals surface area contributed by atoms with Crippen LogP contribution in [0.1, 0.15) is 12.5 Å². The predicted molar refractivity (Wildman–Crippen MR) is 74.5 cm³/mol. The van der Waals surface area contributed by atoms with Crippen LogP contribution in [0.15, 0.2) is 42.5 Å². The lowest BCUT2D eigenvalue weighted by molar-refractivity contribution is 0.961. The number of pyridine rings is 1. The lowest BCUT2D eigenvalue weighted by Crippen LogP contribution is -2.20. The zero-order valence-electron chi connectivity index (χ0n) is 10.6. The molecule has 0 unspecified atom stereocenters. The molecule has 1 heterocycles. The molecular weight excluding hydrogens is 222 g/mol. The van der Waals surface area contributed by atoms with E-state index < -0.39 is 0 Å². The molecule has 0 fully saturated rings. The van der Waals surface area contributed by atoms with E-state index in [1.807, 2.05) is 38.2 Å². The molecule has 1 aromatic heterocycles. The van der Waals surface area contributed by atoms with E-state index in [1.165, 1.54) is 0 Å². The second-order valence-corrected chi connectivity index (χ2v) is 4.50. The molecule has 0 aliphatic carbocycles. The fourth-order valence-corrected chi connectivity index (χ4v) is 1.88. The van der Waals surface area contributed by atoms with Gasteiger partial charge < -0.3 is 4.90 Å². The van der Waals surface area contributed by atoms with Crippen LogP contribution in [0, 0.1) is 11.3 Å². The second kappa shape index (κ2) is 4.89. The first-order chi connectivity index (χ1) is 8.60. The van der Waals surface area contributed by atoms with Crippen LogP contribution in [0.4, 0.5) is 5.82 Å². The number of rotatable bonds is 3. The maximum absolute atomic E-state index is 8.85. The second-order valence-electron chi connectivity index (χ2n) is 4.50. The number of nitrogens with zero attached hydrogens (tertiary/aromatic N) is 3. The van der Waals surface area contributed by atoms with E-state index in [1.54, 1.807) is 6.07 Å². The first-order valence-electron chi connectivity index (χ1n) is 5.76. The van der Waals surface area contributed by atoms with Crippen molar-refractivity contribution in [2.75, 3.05) is 18.5 Å². The Morgan fingerprint density at radius 1 is 1.39 bits per heavy atom. The standard InChI is InChI=1S/C15H15N3/c1-11(2)10-18(3)15-7-5-13-8-12(9-16)4-6-14(13)17-15/h4-8H,1,10H2,2-3H3. The van der Waals surface area contributed by atoms with Gasteiger partial charge in [-0.1, -0.05) is 12.2 Å². The van der Waals surface area contributed by atoms with Crippen molar-refractivity contribution in [1.29, 1.82) is 5.26 Å². The maximum Gasteiger partial charge on any atom is 0.129 e. The molecule has 2 aromatic rings. The van der Waals surface area contributed by atoms with Gasteiger partial charge in [0.05, 0.1) is 17.1 Å². The highest BCUT2D eigenvalue weighted by Gasteiger charge is 2.04. The zero-order valence-corrected chi connectivity index (χ0v) is 10.6. The van der Waals surface area contributed by atoms with Gasteiger partial charge in [-0.3, -0.25) is 0 Å². The summed E-state index contributed by atoms with van der Waals surface area (Å²) in [4.78, 5) is 6.63. The summed E-state index contributed by atoms with van der Waals surface area (Å²) in [5, 5.41) is 9.84. The summed E-state index contributed by atoms with van der Waals surface area (Å²) in [5.41, 5.74) is 2.66. The molecule has 3 heteroatoms. The van der Waals surface area contributed by atoms with Gasteiger partial charge in [0.2, 0.25) is 0 Å². The summed E-state index contributed by atoms with van der Waals surface area (Å²) in [6.07, 6.45) is 0. The lowest BCUT2D eigenvalue weighted by atomic mass is 10.1. The van der Waals surface area contributed by atoms with Crippen molar-refractivity contribution in [2.45, 2.75) is 6.92 Å². The van der Waals surface area contributed by atoms with Gasteiger partial charge in [-0.05, 0) is 37.3 Å². The quantitative estimate of drug-likeness (QED) is 0.770. The summed E-state index contributed by atoms with van der Waals surface area (Å²) < 4.78 is 0. The largest absolute Gasteiger partial charge is 0.356 e. The molecule has 0 N–H and O–H groups in total. The van der Waals surface area contributed by atoms with E-state index in [2.05, 4.69) is 22.5 Å². The number of benzene rings is 1. The van der Waals surface area contributed by atoms with E-state index in [9.17, 15) is 0 Å². The number of nitriles is 1. The van der Waals surface area contributed by atoms with Crippen LogP contribution in [0.2, 0.25) is 0 Å². The highest BCUT2D eigenvalue weighted by Crippen LogP contribution is 2.19. The van der Waals surface area contributed by atoms with Crippen molar-refractivity contribution >= 4 is 16.7 Å². The first-order valence-corrected chi connectivity index (χ1v) is 5.76. The number of aromatic nitrogens is 1. The first kappa shape index (κ1) is 12.1. The summed E-state index contributed by atoms with van der Waals surface area (Å²) in [6, 6.07) is 11.6. The minimum absolute atomic E-state index is 0.660. The number of hydrogen-bond acceptors (Lipinski definition) is 3. The smallest absolute Gasteiger partial charge is 0.129 e. The normalized spacial score (nSPS) is 10.1. The Bertz CT molecular complexity index is 638. The Morgan fingerprint density at radius 2 is 2.17 bits per heavy atom. The predicted octanol–water partition coefficient (Wildman–Crippen LogP) is 3.12. The van der Waals surface area contributed by atoms with Crippen molar-refractivity contribution in [3.05, 3.63) is 48.0 Å². The van der Waals surface area contributed by atoms with Crippen molar-refractivity contribution in [3.8, 4) is 6.07 Å². The van der Waals surface area contributed by atoms with Crippen LogP contribution in [-0.2, 0) is 0 Å². The molecule has 0 spiro atoms. The van der Waals surface area contributed by atoms with Gasteiger partial charge in [0, 0.05) is 19.0 Å². The monoisotopic (exact) mass is 237 g/mol. The number of anilines is 1. The van der Waals surface area contributed by atoms with Crippen LogP contribution >= 0.6 is 0 Å². The SMILES string of the molecule is C=C(C)CN(C)c1ccc2cc(C#N)ccc2n1. The molecule has 0 saturated carbocycles. The molecule has 0 aliphatic heterocycles. The molecule has 0 amide bonds. The third kappa shape index (κ3) is 2.49. The van der Waals surface area contributed by atoms with Gasteiger partial charge in [-0.2, -0.15) is 5.26 Å². The van der Waals surface area contributed by atoms with Crippen molar-refractivity contribution in [1.82, 2.24) is 4.98 Å². The fourth-order valence-electron chi connectivity index (χ4n) is 1.88. The zero-order chi connectivity index (χ0) is 13.1. The summed E-state index contributed by atoms with van der Waals surface area (Å²) in [7, 11) is 1.99. The third-order valence-corrected chi connectivity index (χ3v) is 2.70. The molecule has 0 radical (unpaired) electrons. The lowest BCUT2D eigenvalue weighted by Gasteiger charge is -2.18. The van der Waals surface area contributed by atoms with E-state index in [0.29, 0.717) is 5.56 Å². The van der Waals surface area contributed by atoms with Crippen molar-refractivity contribution in [3.63, 3.8) is 0 Å². The van der Waals surface area contributed by atoms with E-state index in [4.69, 9.17) is 5.26 Å². The van der Waals surface area contributed by atoms with Crippen molar-refractivity contribution in [2.24, 2.45) is 0 Å². The van der Waals surface area contributed by atoms with Gasteiger partial charge >= 0.3 is 0 Å². The highest BCUT2D eigenvalue weighted by molar-refractivity contribution is 5.81. The average Bonchev–Trinajstić information content (AvgIpc) is 2.36. The Kier molecular flexibility index (Phi) is 3.29. The Labute approximate surface area is 107 Å². The number of hydrogen-bond donors (Lipinski definition) is 0. The van der Waals surface area contributed by atoms with Crippen LogP contribution in [0.3, 0.4) is 0 Å². The van der Waals surface area contributed by atoms with Gasteiger partial charge in [0.15, 0.2) is 0 Å². The molecule has 0 bridgehead atoms. The van der Waals surface area contributed by atoms with Crippen LogP contribution < -0.4 is 4.90 Å². The molecular formula is C15H15N3. The van der Waals surface area contributed by atoms with Gasteiger partial charge in [-0.15, -0.1) is 0 Å². The molecule has 3 nitrogen and oxygen atoms in total. The number of fused-ring (bicyclic) bond motifs is 1. The highest BCUT2D eigenvalue weighted by atomic mass is 15.2. The minimum atomic E-state index is 0.660.